The second-order valence-corrected chi connectivity index (χ2v) is 6.31. The molecule has 2 N–H and O–H groups in total. The highest BCUT2D eigenvalue weighted by Crippen LogP contribution is 2.27. The lowest BCUT2D eigenvalue weighted by Gasteiger charge is -2.10. The molecule has 0 spiro atoms. The standard InChI is InChI=1S/C20H23ClN2O4/c1-26-17-8-5-15(11-18(17)27-2)12-19(24)23-13-20(25)22-10-9-14-3-6-16(21)7-4-14/h3-8,11H,9-10,12-13H2,1-2H3,(H,22,25)(H,23,24). The van der Waals surface area contributed by atoms with Gasteiger partial charge in [0.1, 0.15) is 0 Å². The summed E-state index contributed by atoms with van der Waals surface area (Å²) in [5.41, 5.74) is 1.85. The molecule has 0 atom stereocenters. The lowest BCUT2D eigenvalue weighted by atomic mass is 10.1. The fourth-order valence-electron chi connectivity index (χ4n) is 2.48. The number of carbonyl (C=O) groups is 2. The number of halogens is 1. The molecule has 0 saturated heterocycles. The highest BCUT2D eigenvalue weighted by Gasteiger charge is 2.09. The van der Waals surface area contributed by atoms with Crippen molar-refractivity contribution in [3.05, 3.63) is 58.6 Å². The second-order valence-electron chi connectivity index (χ2n) is 5.87. The van der Waals surface area contributed by atoms with Crippen molar-refractivity contribution >= 4 is 23.4 Å². The molecular weight excluding hydrogens is 368 g/mol. The van der Waals surface area contributed by atoms with Crippen molar-refractivity contribution in [3.8, 4) is 11.5 Å². The average Bonchev–Trinajstić information content (AvgIpc) is 2.67. The molecule has 0 saturated carbocycles. The lowest BCUT2D eigenvalue weighted by molar-refractivity contribution is -0.125. The number of hydrogen-bond acceptors (Lipinski definition) is 4. The van der Waals surface area contributed by atoms with Gasteiger partial charge in [0.2, 0.25) is 11.8 Å². The number of rotatable bonds is 9. The van der Waals surface area contributed by atoms with Gasteiger partial charge in [-0.3, -0.25) is 9.59 Å². The maximum absolute atomic E-state index is 12.0. The van der Waals surface area contributed by atoms with Crippen LogP contribution >= 0.6 is 11.6 Å². The quantitative estimate of drug-likeness (QED) is 0.689. The summed E-state index contributed by atoms with van der Waals surface area (Å²) in [6, 6.07) is 12.7. The van der Waals surface area contributed by atoms with Gasteiger partial charge in [0, 0.05) is 11.6 Å². The van der Waals surface area contributed by atoms with Gasteiger partial charge < -0.3 is 20.1 Å². The second kappa shape index (κ2) is 10.4. The molecule has 0 bridgehead atoms. The summed E-state index contributed by atoms with van der Waals surface area (Å²) in [5.74, 6) is 0.684. The highest BCUT2D eigenvalue weighted by molar-refractivity contribution is 6.30. The molecular formula is C20H23ClN2O4. The minimum atomic E-state index is -0.241. The molecule has 2 rings (SSSR count). The zero-order valence-corrected chi connectivity index (χ0v) is 16.1. The van der Waals surface area contributed by atoms with Crippen LogP contribution in [0.3, 0.4) is 0 Å². The van der Waals surface area contributed by atoms with Crippen LogP contribution in [0.4, 0.5) is 0 Å². The molecule has 2 aromatic rings. The summed E-state index contributed by atoms with van der Waals surface area (Å²) in [5, 5.41) is 6.07. The van der Waals surface area contributed by atoms with Crippen molar-refractivity contribution in [2.24, 2.45) is 0 Å². The summed E-state index contributed by atoms with van der Waals surface area (Å²) >= 11 is 5.83. The van der Waals surface area contributed by atoms with E-state index in [0.29, 0.717) is 29.5 Å². The number of carbonyl (C=O) groups excluding carboxylic acids is 2. The third-order valence-corrected chi connectivity index (χ3v) is 4.16. The van der Waals surface area contributed by atoms with Crippen LogP contribution in [-0.2, 0) is 22.4 Å². The van der Waals surface area contributed by atoms with E-state index in [9.17, 15) is 9.59 Å². The SMILES string of the molecule is COc1ccc(CC(=O)NCC(=O)NCCc2ccc(Cl)cc2)cc1OC. The maximum atomic E-state index is 12.0. The average molecular weight is 391 g/mol. The van der Waals surface area contributed by atoms with Crippen molar-refractivity contribution in [1.82, 2.24) is 10.6 Å². The largest absolute Gasteiger partial charge is 0.493 e. The third kappa shape index (κ3) is 6.83. The molecule has 144 valence electrons. The first kappa shape index (κ1) is 20.6. The molecule has 7 heteroatoms. The minimum absolute atomic E-state index is 0.0628. The highest BCUT2D eigenvalue weighted by atomic mass is 35.5. The van der Waals surface area contributed by atoms with E-state index in [1.165, 1.54) is 7.11 Å². The molecule has 0 aliphatic rings. The summed E-state index contributed by atoms with van der Waals surface area (Å²) in [6.07, 6.45) is 0.848. The molecule has 6 nitrogen and oxygen atoms in total. The fraction of sp³-hybridized carbons (Fsp3) is 0.300. The van der Waals surface area contributed by atoms with E-state index in [4.69, 9.17) is 21.1 Å². The van der Waals surface area contributed by atoms with Crippen LogP contribution in [-0.4, -0.2) is 39.1 Å². The van der Waals surface area contributed by atoms with Crippen LogP contribution in [0.1, 0.15) is 11.1 Å². The summed E-state index contributed by atoms with van der Waals surface area (Å²) in [6.45, 7) is 0.429. The Morgan fingerprint density at radius 1 is 0.889 bits per heavy atom. The van der Waals surface area contributed by atoms with Gasteiger partial charge >= 0.3 is 0 Å². The van der Waals surface area contributed by atoms with Gasteiger partial charge in [-0.15, -0.1) is 0 Å². The van der Waals surface area contributed by atoms with Crippen molar-refractivity contribution in [3.63, 3.8) is 0 Å². The van der Waals surface area contributed by atoms with E-state index in [2.05, 4.69) is 10.6 Å². The fourth-order valence-corrected chi connectivity index (χ4v) is 2.60. The number of methoxy groups -OCH3 is 2. The van der Waals surface area contributed by atoms with Crippen molar-refractivity contribution in [2.45, 2.75) is 12.8 Å². The van der Waals surface area contributed by atoms with Crippen molar-refractivity contribution < 1.29 is 19.1 Å². The van der Waals surface area contributed by atoms with E-state index in [-0.39, 0.29) is 24.8 Å². The first-order valence-electron chi connectivity index (χ1n) is 8.50. The first-order valence-corrected chi connectivity index (χ1v) is 8.88. The van der Waals surface area contributed by atoms with Gasteiger partial charge in [0.05, 0.1) is 27.2 Å². The predicted molar refractivity (Wildman–Crippen MR) is 104 cm³/mol. The Bertz CT molecular complexity index is 778. The monoisotopic (exact) mass is 390 g/mol. The van der Waals surface area contributed by atoms with Crippen molar-refractivity contribution in [1.29, 1.82) is 0 Å². The maximum Gasteiger partial charge on any atom is 0.239 e. The zero-order valence-electron chi connectivity index (χ0n) is 15.4. The summed E-state index contributed by atoms with van der Waals surface area (Å²) < 4.78 is 10.4. The van der Waals surface area contributed by atoms with Crippen LogP contribution in [0.15, 0.2) is 42.5 Å². The molecule has 0 unspecified atom stereocenters. The van der Waals surface area contributed by atoms with E-state index in [1.54, 1.807) is 25.3 Å². The molecule has 27 heavy (non-hydrogen) atoms. The molecule has 0 aromatic heterocycles. The van der Waals surface area contributed by atoms with Gasteiger partial charge in [-0.2, -0.15) is 0 Å². The van der Waals surface area contributed by atoms with Crippen LogP contribution in [0.25, 0.3) is 0 Å². The number of hydrogen-bond donors (Lipinski definition) is 2. The van der Waals surface area contributed by atoms with Gasteiger partial charge in [-0.1, -0.05) is 29.8 Å². The Morgan fingerprint density at radius 2 is 1.56 bits per heavy atom. The molecule has 0 aliphatic heterocycles. The number of nitrogens with one attached hydrogen (secondary N) is 2. The van der Waals surface area contributed by atoms with Crippen LogP contribution in [0, 0.1) is 0 Å². The number of ether oxygens (including phenoxy) is 2. The van der Waals surface area contributed by atoms with Crippen LogP contribution in [0.5, 0.6) is 11.5 Å². The smallest absolute Gasteiger partial charge is 0.239 e. The molecule has 2 aromatic carbocycles. The van der Waals surface area contributed by atoms with E-state index in [0.717, 1.165) is 11.1 Å². The Kier molecular flexibility index (Phi) is 7.95. The van der Waals surface area contributed by atoms with Crippen molar-refractivity contribution in [2.75, 3.05) is 27.3 Å². The van der Waals surface area contributed by atoms with Gasteiger partial charge in [-0.25, -0.2) is 0 Å². The summed E-state index contributed by atoms with van der Waals surface area (Å²) in [7, 11) is 3.09. The Morgan fingerprint density at radius 3 is 2.22 bits per heavy atom. The zero-order chi connectivity index (χ0) is 19.6. The Hall–Kier alpha value is -2.73. The molecule has 0 radical (unpaired) electrons. The minimum Gasteiger partial charge on any atom is -0.493 e. The van der Waals surface area contributed by atoms with E-state index in [1.807, 2.05) is 24.3 Å². The van der Waals surface area contributed by atoms with Gasteiger partial charge in [0.15, 0.2) is 11.5 Å². The van der Waals surface area contributed by atoms with Gasteiger partial charge in [0.25, 0.3) is 0 Å². The molecule has 2 amide bonds. The van der Waals surface area contributed by atoms with E-state index >= 15 is 0 Å². The molecule has 0 aliphatic carbocycles. The molecule has 0 fully saturated rings. The van der Waals surface area contributed by atoms with Crippen LogP contribution in [0.2, 0.25) is 5.02 Å². The lowest BCUT2D eigenvalue weighted by Crippen LogP contribution is -2.38. The topological polar surface area (TPSA) is 76.7 Å². The normalized spacial score (nSPS) is 10.2. The molecule has 0 heterocycles. The Balaban J connectivity index is 1.71. The third-order valence-electron chi connectivity index (χ3n) is 3.91. The number of benzene rings is 2. The van der Waals surface area contributed by atoms with Crippen LogP contribution < -0.4 is 20.1 Å². The Labute approximate surface area is 163 Å². The predicted octanol–water partition coefficient (Wildman–Crippen LogP) is 2.37. The number of amides is 2. The first-order chi connectivity index (χ1) is 13.0. The van der Waals surface area contributed by atoms with Gasteiger partial charge in [-0.05, 0) is 41.8 Å². The summed E-state index contributed by atoms with van der Waals surface area (Å²) in [4.78, 5) is 23.9. The van der Waals surface area contributed by atoms with E-state index < -0.39 is 0 Å².